The standard InChI is InChI=1S/C31H30ClFN6O3/c32-23-6-4-22(25(33)15-23)18-42-30-3-1-2-26(37-30)20-8-11-38(12-9-20)17-29-36-27-7-5-21(31(40)41)14-28(27)39(29)13-10-24-16-34-19-35-24/h1-7,14-16,19-20H,8-13,17-18H2,(H,34,35)(H,40,41). The summed E-state index contributed by atoms with van der Waals surface area (Å²) in [5.74, 6) is 0.309. The third-order valence-electron chi connectivity index (χ3n) is 7.74. The number of piperidine rings is 1. The number of benzene rings is 2. The minimum atomic E-state index is -0.956. The van der Waals surface area contributed by atoms with Gasteiger partial charge in [0.2, 0.25) is 5.88 Å². The Morgan fingerprint density at radius 3 is 2.74 bits per heavy atom. The molecule has 0 aliphatic carbocycles. The van der Waals surface area contributed by atoms with E-state index in [9.17, 15) is 14.3 Å². The highest BCUT2D eigenvalue weighted by molar-refractivity contribution is 6.30. The summed E-state index contributed by atoms with van der Waals surface area (Å²) in [5.41, 5.74) is 4.25. The number of hydrogen-bond donors (Lipinski definition) is 2. The fourth-order valence-electron chi connectivity index (χ4n) is 5.45. The molecule has 11 heteroatoms. The van der Waals surface area contributed by atoms with Gasteiger partial charge in [0.25, 0.3) is 0 Å². The summed E-state index contributed by atoms with van der Waals surface area (Å²) in [6.45, 7) is 3.14. The van der Waals surface area contributed by atoms with E-state index in [0.29, 0.717) is 29.6 Å². The SMILES string of the molecule is O=C(O)c1ccc2nc(CN3CCC(c4cccc(OCc5ccc(Cl)cc5F)n4)CC3)n(CCc3cnc[nH]3)c2c1. The quantitative estimate of drug-likeness (QED) is 0.211. The second kappa shape index (κ2) is 12.3. The van der Waals surface area contributed by atoms with Gasteiger partial charge < -0.3 is 19.4 Å². The number of rotatable bonds is 10. The van der Waals surface area contributed by atoms with E-state index in [1.807, 2.05) is 12.1 Å². The molecule has 0 radical (unpaired) electrons. The molecule has 2 N–H and O–H groups in total. The minimum Gasteiger partial charge on any atom is -0.478 e. The van der Waals surface area contributed by atoms with Crippen molar-refractivity contribution < 1.29 is 19.0 Å². The normalized spacial score (nSPS) is 14.4. The number of nitrogens with one attached hydrogen (secondary N) is 1. The Hall–Kier alpha value is -4.28. The molecule has 0 spiro atoms. The topological polar surface area (TPSA) is 109 Å². The van der Waals surface area contributed by atoms with E-state index < -0.39 is 11.8 Å². The number of carboxylic acid groups (broad SMARTS) is 1. The van der Waals surface area contributed by atoms with E-state index in [2.05, 4.69) is 19.4 Å². The van der Waals surface area contributed by atoms with Crippen LogP contribution in [0.1, 0.15) is 51.9 Å². The van der Waals surface area contributed by atoms with Gasteiger partial charge >= 0.3 is 5.97 Å². The summed E-state index contributed by atoms with van der Waals surface area (Å²) in [5, 5.41) is 9.89. The number of fused-ring (bicyclic) bond motifs is 1. The Morgan fingerprint density at radius 2 is 1.98 bits per heavy atom. The number of aromatic carboxylic acids is 1. The molecule has 0 bridgehead atoms. The number of aromatic amines is 1. The van der Waals surface area contributed by atoms with Crippen LogP contribution in [0.25, 0.3) is 11.0 Å². The molecule has 0 atom stereocenters. The Morgan fingerprint density at radius 1 is 1.12 bits per heavy atom. The van der Waals surface area contributed by atoms with E-state index in [1.54, 1.807) is 48.9 Å². The first-order valence-corrected chi connectivity index (χ1v) is 14.3. The molecular formula is C31H30ClFN6O3. The van der Waals surface area contributed by atoms with E-state index in [1.165, 1.54) is 6.07 Å². The number of aryl methyl sites for hydroxylation is 2. The van der Waals surface area contributed by atoms with Crippen molar-refractivity contribution in [1.82, 2.24) is 29.4 Å². The number of nitrogens with zero attached hydrogens (tertiary/aromatic N) is 5. The molecule has 1 saturated heterocycles. The van der Waals surface area contributed by atoms with E-state index in [-0.39, 0.29) is 18.1 Å². The lowest BCUT2D eigenvalue weighted by Crippen LogP contribution is -2.33. The lowest BCUT2D eigenvalue weighted by atomic mass is 9.93. The predicted octanol–water partition coefficient (Wildman–Crippen LogP) is 5.85. The van der Waals surface area contributed by atoms with Crippen molar-refractivity contribution in [2.75, 3.05) is 13.1 Å². The van der Waals surface area contributed by atoms with Crippen LogP contribution in [0.3, 0.4) is 0 Å². The van der Waals surface area contributed by atoms with Crippen LogP contribution < -0.4 is 4.74 Å². The molecule has 2 aromatic carbocycles. The van der Waals surface area contributed by atoms with Crippen molar-refractivity contribution in [1.29, 1.82) is 0 Å². The van der Waals surface area contributed by atoms with Gasteiger partial charge in [0.15, 0.2) is 0 Å². The molecule has 6 rings (SSSR count). The van der Waals surface area contributed by atoms with Crippen LogP contribution >= 0.6 is 11.6 Å². The minimum absolute atomic E-state index is 0.0766. The number of ether oxygens (including phenoxy) is 1. The van der Waals surface area contributed by atoms with Crippen molar-refractivity contribution >= 4 is 28.6 Å². The molecule has 9 nitrogen and oxygen atoms in total. The predicted molar refractivity (Wildman–Crippen MR) is 156 cm³/mol. The van der Waals surface area contributed by atoms with Gasteiger partial charge in [-0.05, 0) is 62.3 Å². The zero-order chi connectivity index (χ0) is 29.1. The molecule has 1 fully saturated rings. The Balaban J connectivity index is 1.12. The summed E-state index contributed by atoms with van der Waals surface area (Å²) in [6.07, 6.45) is 6.05. The maximum Gasteiger partial charge on any atom is 0.335 e. The zero-order valence-corrected chi connectivity index (χ0v) is 23.6. The smallest absolute Gasteiger partial charge is 0.335 e. The summed E-state index contributed by atoms with van der Waals surface area (Å²) in [6, 6.07) is 15.4. The van der Waals surface area contributed by atoms with Crippen molar-refractivity contribution in [2.24, 2.45) is 0 Å². The average Bonchev–Trinajstić information content (AvgIpc) is 3.63. The highest BCUT2D eigenvalue weighted by Crippen LogP contribution is 2.29. The second-order valence-electron chi connectivity index (χ2n) is 10.5. The van der Waals surface area contributed by atoms with Crippen molar-refractivity contribution in [3.05, 3.63) is 106 Å². The fraction of sp³-hybridized carbons (Fsp3) is 0.290. The van der Waals surface area contributed by atoms with Crippen LogP contribution in [0.2, 0.25) is 5.02 Å². The largest absolute Gasteiger partial charge is 0.478 e. The molecule has 4 heterocycles. The third kappa shape index (κ3) is 6.29. The number of H-pyrrole nitrogens is 1. The number of halogens is 2. The van der Waals surface area contributed by atoms with E-state index in [4.69, 9.17) is 26.3 Å². The lowest BCUT2D eigenvalue weighted by Gasteiger charge is -2.31. The zero-order valence-electron chi connectivity index (χ0n) is 22.8. The lowest BCUT2D eigenvalue weighted by molar-refractivity contribution is 0.0697. The molecule has 0 unspecified atom stereocenters. The van der Waals surface area contributed by atoms with Crippen LogP contribution in [0.5, 0.6) is 5.88 Å². The van der Waals surface area contributed by atoms with Crippen LogP contribution in [0, 0.1) is 5.82 Å². The van der Waals surface area contributed by atoms with Crippen LogP contribution in [0.4, 0.5) is 4.39 Å². The van der Waals surface area contributed by atoms with Gasteiger partial charge in [-0.25, -0.2) is 24.1 Å². The van der Waals surface area contributed by atoms with Crippen LogP contribution in [-0.4, -0.2) is 53.6 Å². The summed E-state index contributed by atoms with van der Waals surface area (Å²) in [7, 11) is 0. The van der Waals surface area contributed by atoms with Gasteiger partial charge in [-0.1, -0.05) is 23.7 Å². The number of hydrogen-bond acceptors (Lipinski definition) is 6. The fourth-order valence-corrected chi connectivity index (χ4v) is 5.60. The molecular weight excluding hydrogens is 559 g/mol. The Kier molecular flexibility index (Phi) is 8.16. The van der Waals surface area contributed by atoms with Crippen molar-refractivity contribution in [2.45, 2.75) is 44.9 Å². The molecule has 0 amide bonds. The van der Waals surface area contributed by atoms with Gasteiger partial charge in [-0.3, -0.25) is 4.90 Å². The number of carboxylic acids is 1. The van der Waals surface area contributed by atoms with E-state index >= 15 is 0 Å². The third-order valence-corrected chi connectivity index (χ3v) is 7.98. The molecule has 5 aromatic rings. The van der Waals surface area contributed by atoms with Crippen molar-refractivity contribution in [3.63, 3.8) is 0 Å². The molecule has 0 saturated carbocycles. The molecule has 42 heavy (non-hydrogen) atoms. The summed E-state index contributed by atoms with van der Waals surface area (Å²) >= 11 is 5.85. The Labute approximate surface area is 247 Å². The summed E-state index contributed by atoms with van der Waals surface area (Å²) < 4.78 is 22.1. The van der Waals surface area contributed by atoms with E-state index in [0.717, 1.165) is 60.6 Å². The first kappa shape index (κ1) is 27.9. The average molecular weight is 589 g/mol. The van der Waals surface area contributed by atoms with Gasteiger partial charge in [-0.15, -0.1) is 0 Å². The number of pyridine rings is 1. The van der Waals surface area contributed by atoms with Crippen LogP contribution in [0.15, 0.2) is 67.1 Å². The maximum atomic E-state index is 14.1. The second-order valence-corrected chi connectivity index (χ2v) is 10.9. The van der Waals surface area contributed by atoms with Gasteiger partial charge in [-0.2, -0.15) is 0 Å². The number of aromatic nitrogens is 5. The number of imidazole rings is 2. The molecule has 1 aliphatic rings. The monoisotopic (exact) mass is 588 g/mol. The Bertz CT molecular complexity index is 1700. The van der Waals surface area contributed by atoms with Crippen LogP contribution in [-0.2, 0) is 26.1 Å². The molecule has 1 aliphatic heterocycles. The molecule has 216 valence electrons. The van der Waals surface area contributed by atoms with Gasteiger partial charge in [0, 0.05) is 53.1 Å². The molecule has 3 aromatic heterocycles. The maximum absolute atomic E-state index is 14.1. The number of carbonyl (C=O) groups is 1. The van der Waals surface area contributed by atoms with Crippen molar-refractivity contribution in [3.8, 4) is 5.88 Å². The first-order valence-electron chi connectivity index (χ1n) is 13.9. The number of likely N-dealkylation sites (tertiary alicyclic amines) is 1. The first-order chi connectivity index (χ1) is 20.4. The highest BCUT2D eigenvalue weighted by atomic mass is 35.5. The van der Waals surface area contributed by atoms with Gasteiger partial charge in [0.05, 0.1) is 29.5 Å². The summed E-state index contributed by atoms with van der Waals surface area (Å²) in [4.78, 5) is 30.9. The van der Waals surface area contributed by atoms with Gasteiger partial charge in [0.1, 0.15) is 18.2 Å². The highest BCUT2D eigenvalue weighted by Gasteiger charge is 2.24.